The Kier molecular flexibility index (Phi) is 6.93. The van der Waals surface area contributed by atoms with E-state index in [1.807, 2.05) is 12.1 Å². The number of hydrogen-bond acceptors (Lipinski definition) is 5. The van der Waals surface area contributed by atoms with Gasteiger partial charge >= 0.3 is 5.97 Å². The van der Waals surface area contributed by atoms with Crippen LogP contribution in [0.3, 0.4) is 0 Å². The van der Waals surface area contributed by atoms with Gasteiger partial charge < -0.3 is 19.2 Å². The van der Waals surface area contributed by atoms with Crippen LogP contribution >= 0.6 is 11.6 Å². The van der Waals surface area contributed by atoms with Gasteiger partial charge in [-0.1, -0.05) is 23.7 Å². The van der Waals surface area contributed by atoms with Gasteiger partial charge in [-0.3, -0.25) is 4.79 Å². The van der Waals surface area contributed by atoms with Crippen LogP contribution in [0.4, 0.5) is 4.39 Å². The lowest BCUT2D eigenvalue weighted by molar-refractivity contribution is 0.0519. The van der Waals surface area contributed by atoms with Gasteiger partial charge in [-0.25, -0.2) is 9.18 Å². The Labute approximate surface area is 202 Å². The van der Waals surface area contributed by atoms with Crippen molar-refractivity contribution in [1.82, 2.24) is 4.98 Å². The van der Waals surface area contributed by atoms with E-state index in [-0.39, 0.29) is 47.4 Å². The number of aromatic amines is 1. The van der Waals surface area contributed by atoms with Crippen LogP contribution in [0.25, 0.3) is 0 Å². The molecular weight excluding hydrogens is 461 g/mol. The average molecular weight is 486 g/mol. The molecule has 1 unspecified atom stereocenters. The Hall–Kier alpha value is -3.32. The monoisotopic (exact) mass is 485 g/mol. The van der Waals surface area contributed by atoms with Gasteiger partial charge in [0.05, 0.1) is 20.8 Å². The molecule has 0 fully saturated rings. The van der Waals surface area contributed by atoms with E-state index in [0.717, 1.165) is 5.56 Å². The zero-order valence-corrected chi connectivity index (χ0v) is 19.9. The minimum absolute atomic E-state index is 0.00173. The SMILES string of the molecule is CCOC(=O)c1[nH]c2c(c1Cc1c(F)cccc1Cl)C(=O)CC(c1ccc(OC)c(OC)c1)C2. The zero-order valence-electron chi connectivity index (χ0n) is 19.2. The molecular formula is C26H25ClFNO5. The van der Waals surface area contributed by atoms with Crippen LogP contribution in [0, 0.1) is 5.82 Å². The summed E-state index contributed by atoms with van der Waals surface area (Å²) < 4.78 is 30.5. The molecule has 8 heteroatoms. The van der Waals surface area contributed by atoms with Crippen molar-refractivity contribution in [3.8, 4) is 11.5 Å². The highest BCUT2D eigenvalue weighted by Gasteiger charge is 2.34. The lowest BCUT2D eigenvalue weighted by Gasteiger charge is -2.23. The van der Waals surface area contributed by atoms with Gasteiger partial charge in [0, 0.05) is 40.2 Å². The Morgan fingerprint density at radius 3 is 2.56 bits per heavy atom. The molecule has 1 aliphatic carbocycles. The minimum Gasteiger partial charge on any atom is -0.493 e. The first-order valence-electron chi connectivity index (χ1n) is 11.0. The standard InChI is InChI=1S/C26H25ClFNO5/c1-4-34-26(31)25-17(13-16-18(27)6-5-7-19(16)28)24-20(29-25)10-15(11-21(24)30)14-8-9-22(32-2)23(12-14)33-3/h5-9,12,15,29H,4,10-11,13H2,1-3H3. The number of methoxy groups -OCH3 is 2. The first-order chi connectivity index (χ1) is 16.4. The number of hydrogen-bond donors (Lipinski definition) is 1. The number of ketones is 1. The number of rotatable bonds is 7. The maximum atomic E-state index is 14.6. The highest BCUT2D eigenvalue weighted by molar-refractivity contribution is 6.31. The fraction of sp³-hybridized carbons (Fsp3) is 0.308. The van der Waals surface area contributed by atoms with Crippen molar-refractivity contribution in [2.45, 2.75) is 32.1 Å². The third-order valence-electron chi connectivity index (χ3n) is 6.12. The van der Waals surface area contributed by atoms with E-state index in [1.54, 1.807) is 33.3 Å². The summed E-state index contributed by atoms with van der Waals surface area (Å²) in [5.41, 5.74) is 2.76. The molecule has 0 saturated carbocycles. The molecule has 0 aliphatic heterocycles. The number of fused-ring (bicyclic) bond motifs is 1. The largest absolute Gasteiger partial charge is 0.493 e. The van der Waals surface area contributed by atoms with Crippen LogP contribution in [-0.2, 0) is 17.6 Å². The molecule has 3 aromatic rings. The second-order valence-corrected chi connectivity index (χ2v) is 8.48. The summed E-state index contributed by atoms with van der Waals surface area (Å²) in [4.78, 5) is 29.2. The highest BCUT2D eigenvalue weighted by Crippen LogP contribution is 2.39. The van der Waals surface area contributed by atoms with Crippen LogP contribution in [0.1, 0.15) is 62.5 Å². The normalized spacial score (nSPS) is 15.1. The molecule has 0 spiro atoms. The molecule has 4 rings (SSSR count). The number of nitrogens with one attached hydrogen (secondary N) is 1. The molecule has 6 nitrogen and oxygen atoms in total. The zero-order chi connectivity index (χ0) is 24.4. The molecule has 1 N–H and O–H groups in total. The van der Waals surface area contributed by atoms with E-state index in [9.17, 15) is 14.0 Å². The molecule has 0 radical (unpaired) electrons. The Morgan fingerprint density at radius 1 is 1.12 bits per heavy atom. The summed E-state index contributed by atoms with van der Waals surface area (Å²) in [6, 6.07) is 9.96. The number of carbonyl (C=O) groups is 2. The van der Waals surface area contributed by atoms with Gasteiger partial charge in [-0.2, -0.15) is 0 Å². The number of aromatic nitrogens is 1. The van der Waals surface area contributed by atoms with Crippen molar-refractivity contribution in [1.29, 1.82) is 0 Å². The van der Waals surface area contributed by atoms with Crippen LogP contribution in [-0.4, -0.2) is 37.6 Å². The van der Waals surface area contributed by atoms with Crippen molar-refractivity contribution in [3.63, 3.8) is 0 Å². The second-order valence-electron chi connectivity index (χ2n) is 8.07. The van der Waals surface area contributed by atoms with Crippen LogP contribution in [0.5, 0.6) is 11.5 Å². The van der Waals surface area contributed by atoms with Crippen molar-refractivity contribution < 1.29 is 28.2 Å². The van der Waals surface area contributed by atoms with Gasteiger partial charge in [-0.15, -0.1) is 0 Å². The maximum absolute atomic E-state index is 14.6. The van der Waals surface area contributed by atoms with Gasteiger partial charge in [0.1, 0.15) is 11.5 Å². The third-order valence-corrected chi connectivity index (χ3v) is 6.47. The first-order valence-corrected chi connectivity index (χ1v) is 11.3. The predicted octanol–water partition coefficient (Wildman–Crippen LogP) is 5.50. The minimum atomic E-state index is -0.588. The van der Waals surface area contributed by atoms with Crippen LogP contribution < -0.4 is 9.47 Å². The second kappa shape index (κ2) is 9.89. The molecule has 0 amide bonds. The van der Waals surface area contributed by atoms with E-state index in [4.69, 9.17) is 25.8 Å². The van der Waals surface area contributed by atoms with Crippen molar-refractivity contribution >= 4 is 23.4 Å². The summed E-state index contributed by atoms with van der Waals surface area (Å²) in [6.07, 6.45) is 0.729. The van der Waals surface area contributed by atoms with Gasteiger partial charge in [0.2, 0.25) is 0 Å². The van der Waals surface area contributed by atoms with E-state index in [1.165, 1.54) is 12.1 Å². The number of esters is 1. The molecule has 178 valence electrons. The topological polar surface area (TPSA) is 77.6 Å². The molecule has 34 heavy (non-hydrogen) atoms. The number of Topliss-reactive ketones (excluding diaryl/α,β-unsaturated/α-hetero) is 1. The summed E-state index contributed by atoms with van der Waals surface area (Å²) in [5.74, 6) is -0.165. The number of halogens is 2. The Balaban J connectivity index is 1.76. The van der Waals surface area contributed by atoms with Crippen LogP contribution in [0.2, 0.25) is 5.02 Å². The molecule has 1 aromatic heterocycles. The van der Waals surface area contributed by atoms with Crippen molar-refractivity contribution in [2.75, 3.05) is 20.8 Å². The molecule has 0 saturated heterocycles. The van der Waals surface area contributed by atoms with E-state index >= 15 is 0 Å². The molecule has 1 atom stereocenters. The Morgan fingerprint density at radius 2 is 1.88 bits per heavy atom. The van der Waals surface area contributed by atoms with Gasteiger partial charge in [-0.05, 0) is 49.1 Å². The lowest BCUT2D eigenvalue weighted by atomic mass is 9.80. The Bertz CT molecular complexity index is 1230. The van der Waals surface area contributed by atoms with Gasteiger partial charge in [0.15, 0.2) is 17.3 Å². The van der Waals surface area contributed by atoms with Crippen LogP contribution in [0.15, 0.2) is 36.4 Å². The maximum Gasteiger partial charge on any atom is 0.355 e. The lowest BCUT2D eigenvalue weighted by Crippen LogP contribution is -2.19. The number of carbonyl (C=O) groups excluding carboxylic acids is 2. The average Bonchev–Trinajstić information content (AvgIpc) is 3.20. The van der Waals surface area contributed by atoms with Crippen molar-refractivity contribution in [2.24, 2.45) is 0 Å². The fourth-order valence-corrected chi connectivity index (χ4v) is 4.73. The fourth-order valence-electron chi connectivity index (χ4n) is 4.50. The predicted molar refractivity (Wildman–Crippen MR) is 126 cm³/mol. The number of H-pyrrole nitrogens is 1. The summed E-state index contributed by atoms with van der Waals surface area (Å²) >= 11 is 6.24. The van der Waals surface area contributed by atoms with E-state index < -0.39 is 11.8 Å². The van der Waals surface area contributed by atoms with Gasteiger partial charge in [0.25, 0.3) is 0 Å². The summed E-state index contributed by atoms with van der Waals surface area (Å²) in [5, 5.41) is 0.233. The first kappa shape index (κ1) is 23.8. The molecule has 1 heterocycles. The molecule has 1 aliphatic rings. The number of benzene rings is 2. The van der Waals surface area contributed by atoms with Crippen molar-refractivity contribution in [3.05, 3.63) is 80.9 Å². The smallest absolute Gasteiger partial charge is 0.355 e. The summed E-state index contributed by atoms with van der Waals surface area (Å²) in [6.45, 7) is 1.87. The third kappa shape index (κ3) is 4.40. The molecule has 2 aromatic carbocycles. The van der Waals surface area contributed by atoms with E-state index in [0.29, 0.717) is 34.7 Å². The summed E-state index contributed by atoms with van der Waals surface area (Å²) in [7, 11) is 3.12. The molecule has 0 bridgehead atoms. The quantitative estimate of drug-likeness (QED) is 0.447. The number of ether oxygens (including phenoxy) is 3. The highest BCUT2D eigenvalue weighted by atomic mass is 35.5. The van der Waals surface area contributed by atoms with E-state index in [2.05, 4.69) is 4.98 Å².